The summed E-state index contributed by atoms with van der Waals surface area (Å²) in [6, 6.07) is 0. The maximum atomic E-state index is 5.45. The van der Waals surface area contributed by atoms with Crippen molar-refractivity contribution >= 4 is 0 Å². The van der Waals surface area contributed by atoms with Gasteiger partial charge in [-0.05, 0) is 27.2 Å². The van der Waals surface area contributed by atoms with Gasteiger partial charge in [0.2, 0.25) is 0 Å². The van der Waals surface area contributed by atoms with Crippen molar-refractivity contribution in [2.45, 2.75) is 39.1 Å². The molecule has 0 aromatic heterocycles. The third-order valence-corrected chi connectivity index (χ3v) is 1.35. The van der Waals surface area contributed by atoms with E-state index in [1.807, 2.05) is 20.8 Å². The molecule has 0 radical (unpaired) electrons. The molecule has 0 saturated carbocycles. The summed E-state index contributed by atoms with van der Waals surface area (Å²) in [4.78, 5) is 9.79. The molecule has 0 aromatic carbocycles. The van der Waals surface area contributed by atoms with Gasteiger partial charge in [0.25, 0.3) is 0 Å². The summed E-state index contributed by atoms with van der Waals surface area (Å²) in [7, 11) is 0. The van der Waals surface area contributed by atoms with Gasteiger partial charge in [-0.1, -0.05) is 0 Å². The molecule has 3 heteroatoms. The van der Waals surface area contributed by atoms with E-state index in [4.69, 9.17) is 14.5 Å². The molecule has 1 heterocycles. The quantitative estimate of drug-likeness (QED) is 0.484. The molecular formula is C7H14O3. The van der Waals surface area contributed by atoms with Gasteiger partial charge in [-0.15, -0.1) is 0 Å². The van der Waals surface area contributed by atoms with Crippen LogP contribution >= 0.6 is 0 Å². The molecule has 0 N–H and O–H groups in total. The molecule has 1 atom stereocenters. The Balaban J connectivity index is 2.46. The van der Waals surface area contributed by atoms with Gasteiger partial charge in [0.15, 0.2) is 5.79 Å². The smallest absolute Gasteiger partial charge is 0.196 e. The van der Waals surface area contributed by atoms with E-state index in [2.05, 4.69) is 0 Å². The van der Waals surface area contributed by atoms with Gasteiger partial charge in [-0.2, -0.15) is 0 Å². The lowest BCUT2D eigenvalue weighted by atomic mass is 10.3. The number of hydrogen-bond donors (Lipinski definition) is 0. The van der Waals surface area contributed by atoms with E-state index in [0.717, 1.165) is 6.42 Å². The van der Waals surface area contributed by atoms with Crippen molar-refractivity contribution in [1.82, 2.24) is 0 Å². The van der Waals surface area contributed by atoms with Crippen LogP contribution in [0, 0.1) is 0 Å². The van der Waals surface area contributed by atoms with Crippen LogP contribution in [-0.4, -0.2) is 18.5 Å². The Morgan fingerprint density at radius 3 is 2.80 bits per heavy atom. The van der Waals surface area contributed by atoms with Crippen molar-refractivity contribution < 1.29 is 14.5 Å². The van der Waals surface area contributed by atoms with Gasteiger partial charge in [-0.25, -0.2) is 9.78 Å². The normalized spacial score (nSPS) is 33.3. The third-order valence-electron chi connectivity index (χ3n) is 1.35. The zero-order valence-electron chi connectivity index (χ0n) is 6.72. The zero-order valence-corrected chi connectivity index (χ0v) is 6.72. The van der Waals surface area contributed by atoms with Gasteiger partial charge < -0.3 is 4.74 Å². The largest absolute Gasteiger partial charge is 0.345 e. The van der Waals surface area contributed by atoms with Gasteiger partial charge in [0.1, 0.15) is 0 Å². The third kappa shape index (κ3) is 2.25. The highest BCUT2D eigenvalue weighted by Gasteiger charge is 2.26. The van der Waals surface area contributed by atoms with E-state index in [1.165, 1.54) is 0 Å². The highest BCUT2D eigenvalue weighted by atomic mass is 17.2. The Hall–Kier alpha value is -0.120. The maximum Gasteiger partial charge on any atom is 0.196 e. The topological polar surface area (TPSA) is 27.7 Å². The average molecular weight is 146 g/mol. The number of hydrogen-bond acceptors (Lipinski definition) is 3. The van der Waals surface area contributed by atoms with E-state index in [-0.39, 0.29) is 6.10 Å². The molecule has 1 rings (SSSR count). The molecule has 0 aliphatic carbocycles. The Kier molecular flexibility index (Phi) is 2.28. The maximum absolute atomic E-state index is 5.45. The van der Waals surface area contributed by atoms with Crippen molar-refractivity contribution in [1.29, 1.82) is 0 Å². The number of rotatable bonds is 0. The standard InChI is InChI=1S/C7H14O3/c1-6-4-5-8-10-7(2,3)9-6/h6H,4-5H2,1-3H3. The fourth-order valence-electron chi connectivity index (χ4n) is 0.961. The van der Waals surface area contributed by atoms with Gasteiger partial charge in [0, 0.05) is 0 Å². The Labute approximate surface area is 61.2 Å². The summed E-state index contributed by atoms with van der Waals surface area (Å²) in [6.07, 6.45) is 1.11. The average Bonchev–Trinajstić information content (AvgIpc) is 1.90. The van der Waals surface area contributed by atoms with Crippen LogP contribution in [0.1, 0.15) is 27.2 Å². The summed E-state index contributed by atoms with van der Waals surface area (Å²) in [6.45, 7) is 6.31. The monoisotopic (exact) mass is 146 g/mol. The Bertz CT molecular complexity index is 111. The van der Waals surface area contributed by atoms with Crippen molar-refractivity contribution in [3.8, 4) is 0 Å². The Morgan fingerprint density at radius 2 is 2.10 bits per heavy atom. The molecule has 1 aliphatic rings. The van der Waals surface area contributed by atoms with Crippen molar-refractivity contribution in [3.05, 3.63) is 0 Å². The van der Waals surface area contributed by atoms with Crippen LogP contribution < -0.4 is 0 Å². The summed E-state index contributed by atoms with van der Waals surface area (Å²) >= 11 is 0. The molecule has 60 valence electrons. The molecule has 1 saturated heterocycles. The molecule has 3 nitrogen and oxygen atoms in total. The number of ether oxygens (including phenoxy) is 1. The molecule has 1 aliphatic heterocycles. The molecular weight excluding hydrogens is 132 g/mol. The minimum Gasteiger partial charge on any atom is -0.345 e. The summed E-state index contributed by atoms with van der Waals surface area (Å²) in [5.41, 5.74) is 0. The zero-order chi connectivity index (χ0) is 7.61. The van der Waals surface area contributed by atoms with E-state index >= 15 is 0 Å². The summed E-state index contributed by atoms with van der Waals surface area (Å²) in [5, 5.41) is 0. The van der Waals surface area contributed by atoms with Crippen molar-refractivity contribution in [2.75, 3.05) is 6.61 Å². The van der Waals surface area contributed by atoms with E-state index < -0.39 is 5.79 Å². The van der Waals surface area contributed by atoms with Crippen LogP contribution in [0.3, 0.4) is 0 Å². The lowest BCUT2D eigenvalue weighted by Crippen LogP contribution is -2.29. The summed E-state index contributed by atoms with van der Waals surface area (Å²) < 4.78 is 5.45. The fourth-order valence-corrected chi connectivity index (χ4v) is 0.961. The molecule has 0 aromatic rings. The van der Waals surface area contributed by atoms with Crippen LogP contribution in [0.25, 0.3) is 0 Å². The summed E-state index contributed by atoms with van der Waals surface area (Å²) in [5.74, 6) is -0.587. The highest BCUT2D eigenvalue weighted by molar-refractivity contribution is 4.59. The molecule has 0 bridgehead atoms. The lowest BCUT2D eigenvalue weighted by molar-refractivity contribution is -0.405. The molecule has 10 heavy (non-hydrogen) atoms. The van der Waals surface area contributed by atoms with E-state index in [9.17, 15) is 0 Å². The first-order valence-corrected chi connectivity index (χ1v) is 3.58. The van der Waals surface area contributed by atoms with Gasteiger partial charge in [0.05, 0.1) is 12.7 Å². The second-order valence-electron chi connectivity index (χ2n) is 3.02. The first kappa shape index (κ1) is 7.98. The molecule has 0 amide bonds. The predicted octanol–water partition coefficient (Wildman–Crippen LogP) is 1.48. The first-order chi connectivity index (χ1) is 4.60. The van der Waals surface area contributed by atoms with Crippen molar-refractivity contribution in [3.63, 3.8) is 0 Å². The lowest BCUT2D eigenvalue weighted by Gasteiger charge is -2.23. The van der Waals surface area contributed by atoms with Crippen LogP contribution in [-0.2, 0) is 14.5 Å². The first-order valence-electron chi connectivity index (χ1n) is 3.58. The Morgan fingerprint density at radius 1 is 1.40 bits per heavy atom. The van der Waals surface area contributed by atoms with E-state index in [0.29, 0.717) is 6.61 Å². The SMILES string of the molecule is CC1CCOOC(C)(C)O1. The second kappa shape index (κ2) is 2.86. The van der Waals surface area contributed by atoms with E-state index in [1.54, 1.807) is 0 Å². The van der Waals surface area contributed by atoms with Crippen LogP contribution in [0.5, 0.6) is 0 Å². The minimum absolute atomic E-state index is 0.220. The molecule has 0 spiro atoms. The van der Waals surface area contributed by atoms with Gasteiger partial charge >= 0.3 is 0 Å². The van der Waals surface area contributed by atoms with Crippen LogP contribution in [0.2, 0.25) is 0 Å². The molecule has 1 unspecified atom stereocenters. The minimum atomic E-state index is -0.587. The van der Waals surface area contributed by atoms with Crippen LogP contribution in [0.4, 0.5) is 0 Å². The van der Waals surface area contributed by atoms with Crippen LogP contribution in [0.15, 0.2) is 0 Å². The highest BCUT2D eigenvalue weighted by Crippen LogP contribution is 2.19. The second-order valence-corrected chi connectivity index (χ2v) is 3.02. The fraction of sp³-hybridized carbons (Fsp3) is 1.00. The molecule has 1 fully saturated rings. The predicted molar refractivity (Wildman–Crippen MR) is 36.3 cm³/mol. The van der Waals surface area contributed by atoms with Gasteiger partial charge in [-0.3, -0.25) is 0 Å². The van der Waals surface area contributed by atoms with Crippen molar-refractivity contribution in [2.24, 2.45) is 0 Å².